The van der Waals surface area contributed by atoms with Crippen molar-refractivity contribution in [3.63, 3.8) is 0 Å². The van der Waals surface area contributed by atoms with E-state index in [4.69, 9.17) is 15.2 Å². The van der Waals surface area contributed by atoms with E-state index in [-0.39, 0.29) is 5.54 Å². The van der Waals surface area contributed by atoms with Crippen LogP contribution < -0.4 is 5.73 Å². The van der Waals surface area contributed by atoms with E-state index in [9.17, 15) is 0 Å². The highest BCUT2D eigenvalue weighted by molar-refractivity contribution is 4.83. The number of hydrogen-bond donors (Lipinski definition) is 1. The van der Waals surface area contributed by atoms with Crippen LogP contribution in [0.15, 0.2) is 0 Å². The molecule has 0 saturated carbocycles. The molecular formula is C11H24N2O2. The zero-order valence-electron chi connectivity index (χ0n) is 10.2. The Morgan fingerprint density at radius 3 is 2.73 bits per heavy atom. The van der Waals surface area contributed by atoms with Gasteiger partial charge in [0.2, 0.25) is 0 Å². The Bertz CT molecular complexity index is 180. The maximum absolute atomic E-state index is 5.98. The second-order valence-corrected chi connectivity index (χ2v) is 5.00. The summed E-state index contributed by atoms with van der Waals surface area (Å²) in [5.74, 6) is 0. The summed E-state index contributed by atoms with van der Waals surface area (Å²) in [6, 6.07) is 0. The summed E-state index contributed by atoms with van der Waals surface area (Å²) in [5.41, 5.74) is 5.87. The van der Waals surface area contributed by atoms with Crippen LogP contribution in [-0.2, 0) is 9.47 Å². The Hall–Kier alpha value is -0.160. The van der Waals surface area contributed by atoms with Crippen molar-refractivity contribution in [1.29, 1.82) is 0 Å². The first kappa shape index (κ1) is 12.9. The van der Waals surface area contributed by atoms with Gasteiger partial charge in [0.15, 0.2) is 0 Å². The fourth-order valence-corrected chi connectivity index (χ4v) is 1.95. The maximum atomic E-state index is 5.98. The van der Waals surface area contributed by atoms with Crippen LogP contribution in [0.1, 0.15) is 20.3 Å². The van der Waals surface area contributed by atoms with Gasteiger partial charge in [0.1, 0.15) is 0 Å². The van der Waals surface area contributed by atoms with Crippen LogP contribution in [0.25, 0.3) is 0 Å². The van der Waals surface area contributed by atoms with Gasteiger partial charge in [-0.05, 0) is 20.3 Å². The van der Waals surface area contributed by atoms with Gasteiger partial charge in [-0.3, -0.25) is 4.90 Å². The summed E-state index contributed by atoms with van der Waals surface area (Å²) in [6.45, 7) is 8.54. The molecule has 0 bridgehead atoms. The first-order valence-corrected chi connectivity index (χ1v) is 5.63. The van der Waals surface area contributed by atoms with Gasteiger partial charge in [0, 0.05) is 32.3 Å². The van der Waals surface area contributed by atoms with Crippen molar-refractivity contribution in [2.24, 2.45) is 5.73 Å². The smallest absolute Gasteiger partial charge is 0.0715 e. The molecule has 1 heterocycles. The third-order valence-electron chi connectivity index (χ3n) is 2.50. The zero-order valence-corrected chi connectivity index (χ0v) is 10.2. The molecule has 1 fully saturated rings. The van der Waals surface area contributed by atoms with Crippen molar-refractivity contribution in [1.82, 2.24) is 4.90 Å². The highest BCUT2D eigenvalue weighted by atomic mass is 16.5. The molecule has 0 amide bonds. The zero-order chi connectivity index (χ0) is 11.3. The highest BCUT2D eigenvalue weighted by Gasteiger charge is 2.26. The Kier molecular flexibility index (Phi) is 4.99. The molecule has 1 aliphatic heterocycles. The molecule has 4 heteroatoms. The fourth-order valence-electron chi connectivity index (χ4n) is 1.95. The average Bonchev–Trinajstić information content (AvgIpc) is 2.50. The summed E-state index contributed by atoms with van der Waals surface area (Å²) < 4.78 is 10.6. The van der Waals surface area contributed by atoms with Crippen molar-refractivity contribution in [3.8, 4) is 0 Å². The van der Waals surface area contributed by atoms with E-state index in [1.807, 2.05) is 0 Å². The van der Waals surface area contributed by atoms with Crippen LogP contribution in [0.4, 0.5) is 0 Å². The quantitative estimate of drug-likeness (QED) is 0.655. The third-order valence-corrected chi connectivity index (χ3v) is 2.50. The molecule has 15 heavy (non-hydrogen) atoms. The molecule has 4 nitrogen and oxygen atoms in total. The van der Waals surface area contributed by atoms with Crippen LogP contribution in [0, 0.1) is 0 Å². The largest absolute Gasteiger partial charge is 0.382 e. The molecule has 0 unspecified atom stereocenters. The fraction of sp³-hybridized carbons (Fsp3) is 1.00. The van der Waals surface area contributed by atoms with Crippen LogP contribution >= 0.6 is 0 Å². The lowest BCUT2D eigenvalue weighted by Gasteiger charge is -2.26. The first-order valence-electron chi connectivity index (χ1n) is 5.63. The summed E-state index contributed by atoms with van der Waals surface area (Å²) in [4.78, 5) is 2.37. The van der Waals surface area contributed by atoms with Gasteiger partial charge in [-0.1, -0.05) is 0 Å². The van der Waals surface area contributed by atoms with Gasteiger partial charge in [-0.25, -0.2) is 0 Å². The lowest BCUT2D eigenvalue weighted by molar-refractivity contribution is 0.0215. The number of nitrogens with zero attached hydrogens (tertiary/aromatic N) is 1. The van der Waals surface area contributed by atoms with Crippen LogP contribution in [0.3, 0.4) is 0 Å². The van der Waals surface area contributed by atoms with E-state index >= 15 is 0 Å². The summed E-state index contributed by atoms with van der Waals surface area (Å²) >= 11 is 0. The summed E-state index contributed by atoms with van der Waals surface area (Å²) in [5, 5.41) is 0. The molecule has 0 spiro atoms. The van der Waals surface area contributed by atoms with Crippen LogP contribution in [0.5, 0.6) is 0 Å². The van der Waals surface area contributed by atoms with Crippen LogP contribution in [0.2, 0.25) is 0 Å². The summed E-state index contributed by atoms with van der Waals surface area (Å²) in [6.07, 6.45) is 1.47. The van der Waals surface area contributed by atoms with E-state index < -0.39 is 0 Å². The van der Waals surface area contributed by atoms with Gasteiger partial charge in [0.25, 0.3) is 0 Å². The Morgan fingerprint density at radius 2 is 2.13 bits per heavy atom. The minimum absolute atomic E-state index is 0.110. The molecule has 0 aromatic carbocycles. The van der Waals surface area contributed by atoms with Crippen molar-refractivity contribution >= 4 is 0 Å². The molecule has 0 aromatic heterocycles. The molecule has 1 rings (SSSR count). The van der Waals surface area contributed by atoms with Gasteiger partial charge in [0.05, 0.1) is 19.3 Å². The number of ether oxygens (including phenoxy) is 2. The van der Waals surface area contributed by atoms with Crippen molar-refractivity contribution in [3.05, 3.63) is 0 Å². The average molecular weight is 216 g/mol. The highest BCUT2D eigenvalue weighted by Crippen LogP contribution is 2.14. The van der Waals surface area contributed by atoms with E-state index in [0.29, 0.717) is 19.3 Å². The Labute approximate surface area is 92.7 Å². The van der Waals surface area contributed by atoms with Gasteiger partial charge in [-0.2, -0.15) is 0 Å². The molecular weight excluding hydrogens is 192 g/mol. The SMILES string of the molecule is COCCO[C@@H]1CCN(CC(C)(C)N)C1. The van der Waals surface area contributed by atoms with E-state index in [1.54, 1.807) is 7.11 Å². The van der Waals surface area contributed by atoms with Crippen LogP contribution in [-0.4, -0.2) is 56.5 Å². The molecule has 1 saturated heterocycles. The summed E-state index contributed by atoms with van der Waals surface area (Å²) in [7, 11) is 1.70. The number of methoxy groups -OCH3 is 1. The first-order chi connectivity index (χ1) is 7.01. The second kappa shape index (κ2) is 5.80. The van der Waals surface area contributed by atoms with E-state index in [1.165, 1.54) is 0 Å². The maximum Gasteiger partial charge on any atom is 0.0715 e. The topological polar surface area (TPSA) is 47.7 Å². The monoisotopic (exact) mass is 216 g/mol. The lowest BCUT2D eigenvalue weighted by atomic mass is 10.1. The molecule has 90 valence electrons. The predicted octanol–water partition coefficient (Wildman–Crippen LogP) is 0.461. The number of nitrogens with two attached hydrogens (primary N) is 1. The van der Waals surface area contributed by atoms with Crippen molar-refractivity contribution in [2.75, 3.05) is 40.0 Å². The number of likely N-dealkylation sites (tertiary alicyclic amines) is 1. The van der Waals surface area contributed by atoms with Crippen molar-refractivity contribution < 1.29 is 9.47 Å². The number of hydrogen-bond acceptors (Lipinski definition) is 4. The van der Waals surface area contributed by atoms with Gasteiger partial charge >= 0.3 is 0 Å². The van der Waals surface area contributed by atoms with E-state index in [2.05, 4.69) is 18.7 Å². The normalized spacial score (nSPS) is 23.6. The van der Waals surface area contributed by atoms with Gasteiger partial charge < -0.3 is 15.2 Å². The second-order valence-electron chi connectivity index (χ2n) is 5.00. The minimum atomic E-state index is -0.110. The minimum Gasteiger partial charge on any atom is -0.382 e. The van der Waals surface area contributed by atoms with Crippen molar-refractivity contribution in [2.45, 2.75) is 31.9 Å². The molecule has 1 atom stereocenters. The molecule has 1 aliphatic rings. The van der Waals surface area contributed by atoms with E-state index in [0.717, 1.165) is 26.1 Å². The standard InChI is InChI=1S/C11H24N2O2/c1-11(2,12)9-13-5-4-10(8-13)15-7-6-14-3/h10H,4-9,12H2,1-3H3/t10-/m1/s1. The lowest BCUT2D eigenvalue weighted by Crippen LogP contribution is -2.44. The molecule has 0 radical (unpaired) electrons. The Balaban J connectivity index is 2.15. The molecule has 2 N–H and O–H groups in total. The third kappa shape index (κ3) is 5.47. The Morgan fingerprint density at radius 1 is 1.40 bits per heavy atom. The molecule has 0 aromatic rings. The molecule has 0 aliphatic carbocycles. The van der Waals surface area contributed by atoms with Gasteiger partial charge in [-0.15, -0.1) is 0 Å². The predicted molar refractivity (Wildman–Crippen MR) is 60.9 cm³/mol. The number of rotatable bonds is 6.